The Balaban J connectivity index is 2.31. The van der Waals surface area contributed by atoms with Crippen LogP contribution in [0.25, 0.3) is 0 Å². The minimum absolute atomic E-state index is 0.0191. The molecule has 21 heavy (non-hydrogen) atoms. The Bertz CT molecular complexity index is 582. The Morgan fingerprint density at radius 3 is 2.71 bits per heavy atom. The molecule has 6 nitrogen and oxygen atoms in total. The third-order valence-corrected chi connectivity index (χ3v) is 4.45. The summed E-state index contributed by atoms with van der Waals surface area (Å²) in [6, 6.07) is 1.27. The lowest BCUT2D eigenvalue weighted by Gasteiger charge is -2.39. The van der Waals surface area contributed by atoms with E-state index in [4.69, 9.17) is 23.2 Å². The number of carboxylic acid groups (broad SMARTS) is 1. The van der Waals surface area contributed by atoms with Crippen molar-refractivity contribution in [3.63, 3.8) is 0 Å². The molecule has 114 valence electrons. The summed E-state index contributed by atoms with van der Waals surface area (Å²) in [5.74, 6) is -1.81. The molecule has 1 fully saturated rings. The SMILES string of the molecule is CC1CCCCC1(NC(=O)c1cc(Cl)nnc1Cl)C(=O)O. The van der Waals surface area contributed by atoms with E-state index in [0.29, 0.717) is 6.42 Å². The third kappa shape index (κ3) is 3.11. The van der Waals surface area contributed by atoms with Crippen molar-refractivity contribution in [2.45, 2.75) is 38.1 Å². The smallest absolute Gasteiger partial charge is 0.329 e. The molecule has 1 amide bonds. The van der Waals surface area contributed by atoms with Crippen molar-refractivity contribution < 1.29 is 14.7 Å². The number of hydrogen-bond acceptors (Lipinski definition) is 4. The molecule has 1 saturated carbocycles. The zero-order valence-electron chi connectivity index (χ0n) is 11.4. The number of halogens is 2. The summed E-state index contributed by atoms with van der Waals surface area (Å²) >= 11 is 11.5. The van der Waals surface area contributed by atoms with Crippen LogP contribution in [-0.2, 0) is 4.79 Å². The lowest BCUT2D eigenvalue weighted by Crippen LogP contribution is -2.60. The summed E-state index contributed by atoms with van der Waals surface area (Å²) < 4.78 is 0. The molecule has 1 heterocycles. The van der Waals surface area contributed by atoms with Crippen LogP contribution in [0.5, 0.6) is 0 Å². The van der Waals surface area contributed by atoms with Gasteiger partial charge in [0.05, 0.1) is 5.56 Å². The van der Waals surface area contributed by atoms with E-state index in [1.807, 2.05) is 6.92 Å². The average molecular weight is 332 g/mol. The first-order valence-corrected chi connectivity index (χ1v) is 7.37. The van der Waals surface area contributed by atoms with Gasteiger partial charge in [-0.1, -0.05) is 43.0 Å². The van der Waals surface area contributed by atoms with Crippen LogP contribution in [0, 0.1) is 5.92 Å². The maximum atomic E-state index is 12.4. The topological polar surface area (TPSA) is 92.2 Å². The van der Waals surface area contributed by atoms with E-state index in [1.54, 1.807) is 0 Å². The van der Waals surface area contributed by atoms with E-state index in [9.17, 15) is 14.7 Å². The Labute approximate surface area is 131 Å². The van der Waals surface area contributed by atoms with Gasteiger partial charge in [0.2, 0.25) is 0 Å². The lowest BCUT2D eigenvalue weighted by atomic mass is 9.73. The van der Waals surface area contributed by atoms with Gasteiger partial charge in [0.1, 0.15) is 5.54 Å². The fourth-order valence-electron chi connectivity index (χ4n) is 2.69. The van der Waals surface area contributed by atoms with E-state index >= 15 is 0 Å². The van der Waals surface area contributed by atoms with E-state index in [1.165, 1.54) is 6.07 Å². The zero-order chi connectivity index (χ0) is 15.6. The lowest BCUT2D eigenvalue weighted by molar-refractivity contribution is -0.148. The highest BCUT2D eigenvalue weighted by molar-refractivity contribution is 6.34. The van der Waals surface area contributed by atoms with Crippen LogP contribution < -0.4 is 5.32 Å². The maximum Gasteiger partial charge on any atom is 0.329 e. The number of nitrogens with zero attached hydrogens (tertiary/aromatic N) is 2. The second-order valence-electron chi connectivity index (χ2n) is 5.25. The molecular formula is C13H15Cl2N3O3. The first-order chi connectivity index (χ1) is 9.86. The third-order valence-electron chi connectivity index (χ3n) is 3.98. The Kier molecular flexibility index (Phi) is 4.68. The number of rotatable bonds is 3. The van der Waals surface area contributed by atoms with Crippen LogP contribution in [-0.4, -0.2) is 32.7 Å². The molecular weight excluding hydrogens is 317 g/mol. The number of aromatic nitrogens is 2. The van der Waals surface area contributed by atoms with Crippen LogP contribution in [0.4, 0.5) is 0 Å². The molecule has 2 atom stereocenters. The predicted octanol–water partition coefficient (Wildman–Crippen LogP) is 2.55. The number of hydrogen-bond donors (Lipinski definition) is 2. The molecule has 0 saturated heterocycles. The summed E-state index contributed by atoms with van der Waals surface area (Å²) in [6.07, 6.45) is 2.84. The number of carbonyl (C=O) groups excluding carboxylic acids is 1. The fourth-order valence-corrected chi connectivity index (χ4v) is 3.01. The van der Waals surface area contributed by atoms with Crippen LogP contribution in [0.3, 0.4) is 0 Å². The molecule has 8 heteroatoms. The van der Waals surface area contributed by atoms with E-state index in [0.717, 1.165) is 19.3 Å². The van der Waals surface area contributed by atoms with Gasteiger partial charge in [-0.15, -0.1) is 10.2 Å². The normalized spacial score (nSPS) is 25.4. The zero-order valence-corrected chi connectivity index (χ0v) is 12.9. The van der Waals surface area contributed by atoms with E-state index in [2.05, 4.69) is 15.5 Å². The van der Waals surface area contributed by atoms with Gasteiger partial charge >= 0.3 is 5.97 Å². The van der Waals surface area contributed by atoms with Gasteiger partial charge in [-0.2, -0.15) is 0 Å². The average Bonchev–Trinajstić information content (AvgIpc) is 2.43. The Hall–Kier alpha value is -1.40. The van der Waals surface area contributed by atoms with Gasteiger partial charge in [0.15, 0.2) is 10.3 Å². The fraction of sp³-hybridized carbons (Fsp3) is 0.538. The van der Waals surface area contributed by atoms with Crippen molar-refractivity contribution in [3.8, 4) is 0 Å². The molecule has 0 spiro atoms. The molecule has 0 aromatic carbocycles. The van der Waals surface area contributed by atoms with Crippen LogP contribution in [0.15, 0.2) is 6.07 Å². The minimum atomic E-state index is -1.28. The summed E-state index contributed by atoms with van der Waals surface area (Å²) in [6.45, 7) is 1.83. The van der Waals surface area contributed by atoms with Crippen molar-refractivity contribution in [2.24, 2.45) is 5.92 Å². The maximum absolute atomic E-state index is 12.4. The molecule has 2 unspecified atom stereocenters. The van der Waals surface area contributed by atoms with Crippen LogP contribution >= 0.6 is 23.2 Å². The highest BCUT2D eigenvalue weighted by atomic mass is 35.5. The van der Waals surface area contributed by atoms with Gasteiger partial charge in [-0.3, -0.25) is 4.79 Å². The molecule has 1 aromatic heterocycles. The number of carboxylic acids is 1. The molecule has 2 rings (SSSR count). The largest absolute Gasteiger partial charge is 0.479 e. The van der Waals surface area contributed by atoms with Crippen molar-refractivity contribution in [1.82, 2.24) is 15.5 Å². The van der Waals surface area contributed by atoms with Gasteiger partial charge in [0, 0.05) is 0 Å². The van der Waals surface area contributed by atoms with Crippen molar-refractivity contribution in [1.29, 1.82) is 0 Å². The molecule has 1 aromatic rings. The highest BCUT2D eigenvalue weighted by Crippen LogP contribution is 2.34. The quantitative estimate of drug-likeness (QED) is 0.887. The van der Waals surface area contributed by atoms with E-state index in [-0.39, 0.29) is 21.8 Å². The first kappa shape index (κ1) is 16.0. The molecule has 2 N–H and O–H groups in total. The molecule has 0 bridgehead atoms. The summed E-state index contributed by atoms with van der Waals surface area (Å²) in [7, 11) is 0. The second kappa shape index (κ2) is 6.15. The molecule has 1 aliphatic rings. The van der Waals surface area contributed by atoms with Gasteiger partial charge in [0.25, 0.3) is 5.91 Å². The Morgan fingerprint density at radius 2 is 2.10 bits per heavy atom. The van der Waals surface area contributed by atoms with Crippen molar-refractivity contribution in [2.75, 3.05) is 0 Å². The van der Waals surface area contributed by atoms with Gasteiger partial charge < -0.3 is 10.4 Å². The summed E-state index contributed by atoms with van der Waals surface area (Å²) in [5.41, 5.74) is -1.26. The number of aliphatic carboxylic acids is 1. The van der Waals surface area contributed by atoms with Gasteiger partial charge in [-0.25, -0.2) is 4.79 Å². The number of amides is 1. The minimum Gasteiger partial charge on any atom is -0.479 e. The summed E-state index contributed by atoms with van der Waals surface area (Å²) in [5, 5.41) is 19.2. The predicted molar refractivity (Wildman–Crippen MR) is 77.5 cm³/mol. The Morgan fingerprint density at radius 1 is 1.38 bits per heavy atom. The van der Waals surface area contributed by atoms with E-state index < -0.39 is 17.4 Å². The molecule has 0 aliphatic heterocycles. The number of carbonyl (C=O) groups is 2. The molecule has 0 radical (unpaired) electrons. The second-order valence-corrected chi connectivity index (χ2v) is 5.99. The first-order valence-electron chi connectivity index (χ1n) is 6.61. The highest BCUT2D eigenvalue weighted by Gasteiger charge is 2.46. The van der Waals surface area contributed by atoms with Crippen molar-refractivity contribution >= 4 is 35.1 Å². The van der Waals surface area contributed by atoms with Crippen molar-refractivity contribution in [3.05, 3.63) is 21.9 Å². The van der Waals surface area contributed by atoms with Gasteiger partial charge in [-0.05, 0) is 24.8 Å². The van der Waals surface area contributed by atoms with Crippen LogP contribution in [0.2, 0.25) is 10.3 Å². The summed E-state index contributed by atoms with van der Waals surface area (Å²) in [4.78, 5) is 24.1. The monoisotopic (exact) mass is 331 g/mol. The van der Waals surface area contributed by atoms with Crippen LogP contribution in [0.1, 0.15) is 43.0 Å². The molecule has 1 aliphatic carbocycles. The standard InChI is InChI=1S/C13H15Cl2N3O3/c1-7-4-2-3-5-13(7,12(20)21)16-11(19)8-6-9(14)17-18-10(8)15/h6-7H,2-5H2,1H3,(H,16,19)(H,20,21). The number of nitrogens with one attached hydrogen (secondary N) is 1.